The number of benzene rings is 2. The van der Waals surface area contributed by atoms with E-state index in [0.29, 0.717) is 30.2 Å². The number of esters is 1. The molecule has 3 aliphatic rings. The third kappa shape index (κ3) is 4.27. The Labute approximate surface area is 209 Å². The van der Waals surface area contributed by atoms with Gasteiger partial charge in [0.2, 0.25) is 17.7 Å². The summed E-state index contributed by atoms with van der Waals surface area (Å²) < 4.78 is 11.0. The van der Waals surface area contributed by atoms with Crippen LogP contribution in [0, 0.1) is 23.7 Å². The van der Waals surface area contributed by atoms with Crippen LogP contribution in [0.2, 0.25) is 0 Å². The highest BCUT2D eigenvalue weighted by Gasteiger charge is 2.50. The number of rotatable bonds is 6. The summed E-state index contributed by atoms with van der Waals surface area (Å²) in [5, 5.41) is 0. The molecule has 2 aromatic rings. The molecule has 2 heterocycles. The third-order valence-corrected chi connectivity index (χ3v) is 7.10. The van der Waals surface area contributed by atoms with Gasteiger partial charge in [0, 0.05) is 18.7 Å². The highest BCUT2D eigenvalue weighted by molar-refractivity contribution is 6.22. The minimum Gasteiger partial charge on any atom is -0.494 e. The normalized spacial score (nSPS) is 25.3. The number of imide groups is 1. The highest BCUT2D eigenvalue weighted by atomic mass is 16.5. The number of ether oxygens (including phenoxy) is 2. The molecule has 0 bridgehead atoms. The Morgan fingerprint density at radius 1 is 0.944 bits per heavy atom. The Morgan fingerprint density at radius 2 is 1.61 bits per heavy atom. The Morgan fingerprint density at radius 3 is 2.28 bits per heavy atom. The van der Waals surface area contributed by atoms with Crippen LogP contribution >= 0.6 is 0 Å². The van der Waals surface area contributed by atoms with Crippen LogP contribution in [0.15, 0.2) is 60.7 Å². The lowest BCUT2D eigenvalue weighted by atomic mass is 9.78. The monoisotopic (exact) mass is 488 g/mol. The molecular weight excluding hydrogens is 460 g/mol. The average molecular weight is 489 g/mol. The third-order valence-electron chi connectivity index (χ3n) is 7.10. The second-order valence-electron chi connectivity index (χ2n) is 9.41. The molecule has 5 rings (SSSR count). The van der Waals surface area contributed by atoms with Gasteiger partial charge < -0.3 is 14.4 Å². The molecule has 2 fully saturated rings. The number of fused-ring (bicyclic) bond motifs is 1. The van der Waals surface area contributed by atoms with Crippen LogP contribution in [-0.2, 0) is 19.2 Å². The van der Waals surface area contributed by atoms with E-state index in [9.17, 15) is 19.2 Å². The van der Waals surface area contributed by atoms with E-state index in [0.717, 1.165) is 5.75 Å². The molecular formula is C28H28N2O6. The predicted octanol–water partition coefficient (Wildman–Crippen LogP) is 3.75. The molecule has 0 spiro atoms. The fourth-order valence-corrected chi connectivity index (χ4v) is 5.27. The number of carbonyl (C=O) groups excluding carboxylic acids is 4. The standard InChI is InChI=1S/C28H28N2O6/c1-3-35-21-11-7-19(8-12-21)29-16-18(15-24(29)31)28(34)36-22-13-9-20(10-14-22)30-26(32)23-6-4-5-17(2)25(23)27(30)33/h4-5,7-14,17-18,23,25H,3,6,15-16H2,1-2H3/t17-,18+,23-,25-/m0/s1. The number of anilines is 2. The lowest BCUT2D eigenvalue weighted by Gasteiger charge is -2.22. The summed E-state index contributed by atoms with van der Waals surface area (Å²) in [6.45, 7) is 4.64. The quantitative estimate of drug-likeness (QED) is 0.266. The molecule has 0 unspecified atom stereocenters. The number of hydrogen-bond acceptors (Lipinski definition) is 6. The van der Waals surface area contributed by atoms with Crippen molar-refractivity contribution in [1.29, 1.82) is 0 Å². The summed E-state index contributed by atoms with van der Waals surface area (Å²) in [6.07, 6.45) is 4.59. The smallest absolute Gasteiger partial charge is 0.316 e. The molecule has 0 saturated carbocycles. The number of carbonyl (C=O) groups is 4. The molecule has 1 aliphatic carbocycles. The van der Waals surface area contributed by atoms with Gasteiger partial charge in [-0.25, -0.2) is 0 Å². The van der Waals surface area contributed by atoms with Gasteiger partial charge >= 0.3 is 5.97 Å². The van der Waals surface area contributed by atoms with Crippen LogP contribution in [0.1, 0.15) is 26.7 Å². The Kier molecular flexibility index (Phi) is 6.35. The van der Waals surface area contributed by atoms with Crippen molar-refractivity contribution < 1.29 is 28.7 Å². The van der Waals surface area contributed by atoms with E-state index in [-0.39, 0.29) is 48.4 Å². The SMILES string of the molecule is CCOc1ccc(N2C[C@H](C(=O)Oc3ccc(N4C(=O)[C@@H]5[C@H](CC=C[C@@H]5C)C4=O)cc3)CC2=O)cc1. The van der Waals surface area contributed by atoms with Gasteiger partial charge in [-0.2, -0.15) is 0 Å². The summed E-state index contributed by atoms with van der Waals surface area (Å²) in [5.74, 6) is -1.25. The molecule has 0 radical (unpaired) electrons. The van der Waals surface area contributed by atoms with E-state index in [1.807, 2.05) is 26.0 Å². The second kappa shape index (κ2) is 9.60. The maximum atomic E-state index is 13.0. The molecule has 4 atom stereocenters. The van der Waals surface area contributed by atoms with E-state index < -0.39 is 11.9 Å². The van der Waals surface area contributed by atoms with Crippen molar-refractivity contribution in [3.8, 4) is 11.5 Å². The second-order valence-corrected chi connectivity index (χ2v) is 9.41. The van der Waals surface area contributed by atoms with Gasteiger partial charge in [0.05, 0.1) is 30.0 Å². The first-order valence-electron chi connectivity index (χ1n) is 12.3. The average Bonchev–Trinajstić information content (AvgIpc) is 3.38. The van der Waals surface area contributed by atoms with Crippen LogP contribution in [0.5, 0.6) is 11.5 Å². The minimum atomic E-state index is -0.595. The van der Waals surface area contributed by atoms with Gasteiger partial charge in [0.15, 0.2) is 0 Å². The van der Waals surface area contributed by atoms with Crippen LogP contribution in [-0.4, -0.2) is 36.8 Å². The Hall–Kier alpha value is -3.94. The van der Waals surface area contributed by atoms with Gasteiger partial charge in [-0.1, -0.05) is 19.1 Å². The van der Waals surface area contributed by atoms with Crippen molar-refractivity contribution in [3.63, 3.8) is 0 Å². The zero-order chi connectivity index (χ0) is 25.4. The van der Waals surface area contributed by atoms with Crippen molar-refractivity contribution >= 4 is 35.1 Å². The first-order valence-corrected chi connectivity index (χ1v) is 12.3. The summed E-state index contributed by atoms with van der Waals surface area (Å²) in [7, 11) is 0. The van der Waals surface area contributed by atoms with Gasteiger partial charge in [-0.15, -0.1) is 0 Å². The summed E-state index contributed by atoms with van der Waals surface area (Å²) >= 11 is 0. The maximum Gasteiger partial charge on any atom is 0.316 e. The van der Waals surface area contributed by atoms with Gasteiger partial charge in [0.25, 0.3) is 0 Å². The molecule has 8 heteroatoms. The lowest BCUT2D eigenvalue weighted by molar-refractivity contribution is -0.139. The molecule has 2 aromatic carbocycles. The molecule has 2 aliphatic heterocycles. The van der Waals surface area contributed by atoms with Crippen molar-refractivity contribution in [1.82, 2.24) is 0 Å². The summed E-state index contributed by atoms with van der Waals surface area (Å²) in [5.41, 5.74) is 1.16. The molecule has 186 valence electrons. The van der Waals surface area contributed by atoms with Crippen molar-refractivity contribution in [3.05, 3.63) is 60.7 Å². The molecule has 0 aromatic heterocycles. The van der Waals surface area contributed by atoms with Crippen LogP contribution in [0.3, 0.4) is 0 Å². The highest BCUT2D eigenvalue weighted by Crippen LogP contribution is 2.40. The first kappa shape index (κ1) is 23.8. The number of nitrogens with zero attached hydrogens (tertiary/aromatic N) is 2. The largest absolute Gasteiger partial charge is 0.494 e. The van der Waals surface area contributed by atoms with E-state index in [1.54, 1.807) is 53.4 Å². The molecule has 36 heavy (non-hydrogen) atoms. The molecule has 8 nitrogen and oxygen atoms in total. The predicted molar refractivity (Wildman–Crippen MR) is 133 cm³/mol. The van der Waals surface area contributed by atoms with Crippen LogP contribution in [0.25, 0.3) is 0 Å². The van der Waals surface area contributed by atoms with Crippen molar-refractivity contribution in [2.24, 2.45) is 23.7 Å². The van der Waals surface area contributed by atoms with Crippen molar-refractivity contribution in [2.75, 3.05) is 23.0 Å². The minimum absolute atomic E-state index is 0.0155. The number of amides is 3. The molecule has 2 saturated heterocycles. The lowest BCUT2D eigenvalue weighted by Crippen LogP contribution is -2.31. The van der Waals surface area contributed by atoms with Gasteiger partial charge in [0.1, 0.15) is 11.5 Å². The van der Waals surface area contributed by atoms with Crippen LogP contribution in [0.4, 0.5) is 11.4 Å². The summed E-state index contributed by atoms with van der Waals surface area (Å²) in [6, 6.07) is 13.5. The Bertz CT molecular complexity index is 1220. The zero-order valence-corrected chi connectivity index (χ0v) is 20.3. The fourth-order valence-electron chi connectivity index (χ4n) is 5.27. The van der Waals surface area contributed by atoms with Crippen LogP contribution < -0.4 is 19.3 Å². The van der Waals surface area contributed by atoms with Gasteiger partial charge in [-0.05, 0) is 67.8 Å². The first-order chi connectivity index (χ1) is 17.4. The zero-order valence-electron chi connectivity index (χ0n) is 20.3. The maximum absolute atomic E-state index is 13.0. The summed E-state index contributed by atoms with van der Waals surface area (Å²) in [4.78, 5) is 54.0. The van der Waals surface area contributed by atoms with E-state index in [4.69, 9.17) is 9.47 Å². The number of allylic oxidation sites excluding steroid dienone is 2. The Balaban J connectivity index is 1.22. The molecule has 0 N–H and O–H groups in total. The molecule has 3 amide bonds. The topological polar surface area (TPSA) is 93.2 Å². The van der Waals surface area contributed by atoms with E-state index in [2.05, 4.69) is 0 Å². The van der Waals surface area contributed by atoms with Crippen molar-refractivity contribution in [2.45, 2.75) is 26.7 Å². The van der Waals surface area contributed by atoms with E-state index >= 15 is 0 Å². The fraction of sp³-hybridized carbons (Fsp3) is 0.357. The van der Waals surface area contributed by atoms with Gasteiger partial charge in [-0.3, -0.25) is 24.1 Å². The number of hydrogen-bond donors (Lipinski definition) is 0. The van der Waals surface area contributed by atoms with E-state index in [1.165, 1.54) is 4.90 Å².